The molecule has 3 aromatic rings. The number of nitrogens with zero attached hydrogens (tertiary/aromatic N) is 2. The highest BCUT2D eigenvalue weighted by atomic mass is 79.9. The predicted molar refractivity (Wildman–Crippen MR) is 141 cm³/mol. The number of amides is 5. The van der Waals surface area contributed by atoms with Crippen LogP contribution in [0.2, 0.25) is 0 Å². The lowest BCUT2D eigenvalue weighted by molar-refractivity contribution is -0.121. The summed E-state index contributed by atoms with van der Waals surface area (Å²) in [6.45, 7) is 1.69. The number of benzene rings is 3. The van der Waals surface area contributed by atoms with Crippen LogP contribution in [-0.4, -0.2) is 37.0 Å². The molecule has 3 aromatic carbocycles. The molecule has 2 N–H and O–H groups in total. The van der Waals surface area contributed by atoms with Crippen LogP contribution in [0.3, 0.4) is 0 Å². The van der Waals surface area contributed by atoms with E-state index in [-0.39, 0.29) is 30.3 Å². The summed E-state index contributed by atoms with van der Waals surface area (Å²) < 4.78 is 11.5. The Labute approximate surface area is 221 Å². The largest absolute Gasteiger partial charge is 0.490 e. The van der Waals surface area contributed by atoms with Crippen molar-refractivity contribution in [2.24, 2.45) is 5.73 Å². The lowest BCUT2D eigenvalue weighted by Crippen LogP contribution is -2.57. The first-order chi connectivity index (χ1) is 17.8. The molecular formula is C27H22BrN3O6. The van der Waals surface area contributed by atoms with Gasteiger partial charge in [-0.15, -0.1) is 0 Å². The Morgan fingerprint density at radius 3 is 1.92 bits per heavy atom. The Bertz CT molecular complexity index is 1330. The number of hydrogen-bond acceptors (Lipinski definition) is 6. The first-order valence-electron chi connectivity index (χ1n) is 11.2. The summed E-state index contributed by atoms with van der Waals surface area (Å²) >= 11 is 3.39. The molecule has 188 valence electrons. The SMILES string of the molecule is CCOc1cc(C=C2C(=O)N(c3ccccc3)C(=O)N(c3ccccc3)C2=O)cc(Br)c1OCC(N)=O. The van der Waals surface area contributed by atoms with Crippen molar-refractivity contribution < 1.29 is 28.7 Å². The average Bonchev–Trinajstić information content (AvgIpc) is 2.87. The summed E-state index contributed by atoms with van der Waals surface area (Å²) in [6, 6.07) is 19.1. The molecule has 1 aliphatic rings. The van der Waals surface area contributed by atoms with Crippen LogP contribution >= 0.6 is 15.9 Å². The molecule has 1 saturated heterocycles. The number of hydrogen-bond donors (Lipinski definition) is 1. The Kier molecular flexibility index (Phi) is 7.69. The van der Waals surface area contributed by atoms with E-state index >= 15 is 0 Å². The molecule has 0 radical (unpaired) electrons. The van der Waals surface area contributed by atoms with Crippen LogP contribution in [0, 0.1) is 0 Å². The highest BCUT2D eigenvalue weighted by Gasteiger charge is 2.43. The molecule has 37 heavy (non-hydrogen) atoms. The number of para-hydroxylation sites is 2. The van der Waals surface area contributed by atoms with Crippen molar-refractivity contribution in [2.45, 2.75) is 6.92 Å². The minimum atomic E-state index is -0.782. The molecule has 0 spiro atoms. The van der Waals surface area contributed by atoms with E-state index in [0.29, 0.717) is 21.4 Å². The van der Waals surface area contributed by atoms with Gasteiger partial charge in [0.25, 0.3) is 17.7 Å². The number of imide groups is 2. The quantitative estimate of drug-likeness (QED) is 0.322. The zero-order chi connectivity index (χ0) is 26.5. The van der Waals surface area contributed by atoms with Crippen molar-refractivity contribution in [3.63, 3.8) is 0 Å². The third-order valence-electron chi connectivity index (χ3n) is 5.28. The van der Waals surface area contributed by atoms with E-state index in [2.05, 4.69) is 15.9 Å². The number of nitrogens with two attached hydrogens (primary N) is 1. The number of ether oxygens (including phenoxy) is 2. The number of primary amides is 1. The molecule has 5 amide bonds. The van der Waals surface area contributed by atoms with Crippen molar-refractivity contribution in [3.8, 4) is 11.5 Å². The zero-order valence-electron chi connectivity index (χ0n) is 19.7. The fourth-order valence-corrected chi connectivity index (χ4v) is 4.30. The summed E-state index contributed by atoms with van der Waals surface area (Å²) in [5, 5.41) is 0. The summed E-state index contributed by atoms with van der Waals surface area (Å²) in [4.78, 5) is 53.6. The van der Waals surface area contributed by atoms with Gasteiger partial charge in [-0.05, 0) is 70.9 Å². The van der Waals surface area contributed by atoms with E-state index in [1.54, 1.807) is 79.7 Å². The summed E-state index contributed by atoms with van der Waals surface area (Å²) in [5.41, 5.74) is 6.03. The number of urea groups is 1. The van der Waals surface area contributed by atoms with Gasteiger partial charge in [0.2, 0.25) is 0 Å². The van der Waals surface area contributed by atoms with Gasteiger partial charge in [0, 0.05) is 0 Å². The maximum Gasteiger partial charge on any atom is 0.343 e. The maximum absolute atomic E-state index is 13.5. The van der Waals surface area contributed by atoms with Gasteiger partial charge >= 0.3 is 6.03 Å². The Morgan fingerprint density at radius 1 is 0.892 bits per heavy atom. The van der Waals surface area contributed by atoms with Gasteiger partial charge in [0.1, 0.15) is 5.57 Å². The number of barbiturate groups is 1. The van der Waals surface area contributed by atoms with Crippen LogP contribution in [0.25, 0.3) is 6.08 Å². The van der Waals surface area contributed by atoms with Crippen LogP contribution in [-0.2, 0) is 14.4 Å². The Hall–Kier alpha value is -4.44. The normalized spacial score (nSPS) is 13.6. The standard InChI is InChI=1S/C27H22BrN3O6/c1-2-36-22-15-17(14-21(28)24(22)37-16-23(29)32)13-20-25(33)30(18-9-5-3-6-10-18)27(35)31(26(20)34)19-11-7-4-8-12-19/h3-15H,2,16H2,1H3,(H2,29,32). The third kappa shape index (κ3) is 5.39. The van der Waals surface area contributed by atoms with Gasteiger partial charge in [0.05, 0.1) is 22.5 Å². The minimum absolute atomic E-state index is 0.229. The second kappa shape index (κ2) is 11.1. The van der Waals surface area contributed by atoms with Crippen molar-refractivity contribution in [1.82, 2.24) is 0 Å². The van der Waals surface area contributed by atoms with E-state index in [1.165, 1.54) is 6.08 Å². The van der Waals surface area contributed by atoms with Crippen LogP contribution in [0.5, 0.6) is 11.5 Å². The fraction of sp³-hybridized carbons (Fsp3) is 0.111. The molecule has 0 saturated carbocycles. The molecule has 0 aromatic heterocycles. The minimum Gasteiger partial charge on any atom is -0.490 e. The molecule has 1 aliphatic heterocycles. The number of halogens is 1. The van der Waals surface area contributed by atoms with Crippen LogP contribution in [0.1, 0.15) is 12.5 Å². The van der Waals surface area contributed by atoms with E-state index in [1.807, 2.05) is 0 Å². The van der Waals surface area contributed by atoms with E-state index in [0.717, 1.165) is 9.80 Å². The molecule has 4 rings (SSSR count). The summed E-state index contributed by atoms with van der Waals surface area (Å²) in [7, 11) is 0. The first-order valence-corrected chi connectivity index (χ1v) is 12.0. The summed E-state index contributed by atoms with van der Waals surface area (Å²) in [6.07, 6.45) is 1.38. The van der Waals surface area contributed by atoms with Crippen molar-refractivity contribution in [3.05, 3.63) is 88.4 Å². The highest BCUT2D eigenvalue weighted by molar-refractivity contribution is 9.10. The highest BCUT2D eigenvalue weighted by Crippen LogP contribution is 2.38. The van der Waals surface area contributed by atoms with Crippen LogP contribution < -0.4 is 25.0 Å². The zero-order valence-corrected chi connectivity index (χ0v) is 21.3. The second-order valence-corrected chi connectivity index (χ2v) is 8.67. The van der Waals surface area contributed by atoms with Crippen LogP contribution in [0.15, 0.2) is 82.8 Å². The van der Waals surface area contributed by atoms with E-state index < -0.39 is 23.8 Å². The van der Waals surface area contributed by atoms with Crippen molar-refractivity contribution >= 4 is 57.1 Å². The van der Waals surface area contributed by atoms with E-state index in [4.69, 9.17) is 15.2 Å². The van der Waals surface area contributed by atoms with Crippen LogP contribution in [0.4, 0.5) is 16.2 Å². The van der Waals surface area contributed by atoms with Gasteiger partial charge in [-0.25, -0.2) is 14.6 Å². The van der Waals surface area contributed by atoms with Crippen molar-refractivity contribution in [1.29, 1.82) is 0 Å². The third-order valence-corrected chi connectivity index (χ3v) is 5.87. The number of carbonyl (C=O) groups is 4. The first kappa shape index (κ1) is 25.6. The average molecular weight is 564 g/mol. The second-order valence-electron chi connectivity index (χ2n) is 7.81. The molecular weight excluding hydrogens is 542 g/mol. The predicted octanol–water partition coefficient (Wildman–Crippen LogP) is 4.30. The smallest absolute Gasteiger partial charge is 0.343 e. The molecule has 1 fully saturated rings. The lowest BCUT2D eigenvalue weighted by Gasteiger charge is -2.34. The van der Waals surface area contributed by atoms with Gasteiger partial charge in [-0.2, -0.15) is 0 Å². The summed E-state index contributed by atoms with van der Waals surface area (Å²) in [5.74, 6) is -1.67. The van der Waals surface area contributed by atoms with Gasteiger partial charge < -0.3 is 15.2 Å². The van der Waals surface area contributed by atoms with Gasteiger partial charge in [-0.1, -0.05) is 36.4 Å². The number of rotatable bonds is 8. The van der Waals surface area contributed by atoms with Gasteiger partial charge in [-0.3, -0.25) is 14.4 Å². The lowest BCUT2D eigenvalue weighted by atomic mass is 10.0. The molecule has 1 heterocycles. The Morgan fingerprint density at radius 2 is 1.43 bits per heavy atom. The number of anilines is 2. The molecule has 9 nitrogen and oxygen atoms in total. The Balaban J connectivity index is 1.83. The van der Waals surface area contributed by atoms with Gasteiger partial charge in [0.15, 0.2) is 18.1 Å². The number of carbonyl (C=O) groups excluding carboxylic acids is 4. The molecule has 10 heteroatoms. The molecule has 0 atom stereocenters. The monoisotopic (exact) mass is 563 g/mol. The van der Waals surface area contributed by atoms with E-state index in [9.17, 15) is 19.2 Å². The van der Waals surface area contributed by atoms with Crippen molar-refractivity contribution in [2.75, 3.05) is 23.0 Å². The molecule has 0 bridgehead atoms. The topological polar surface area (TPSA) is 119 Å². The molecule has 0 aliphatic carbocycles. The molecule has 0 unspecified atom stereocenters. The maximum atomic E-state index is 13.5. The fourth-order valence-electron chi connectivity index (χ4n) is 3.72.